The Kier molecular flexibility index (Phi) is 9.52. The Balaban J connectivity index is 0.00000312. The number of hydrogen-bond donors (Lipinski definition) is 3. The smallest absolute Gasteiger partial charge is 0.265 e. The SMILES string of the molecule is CCCNCCNC(=O)c1ccc(Cl)c(NC(=O)c2cccs2)c1.Cl. The van der Waals surface area contributed by atoms with Crippen LogP contribution in [0.4, 0.5) is 5.69 Å². The Hall–Kier alpha value is -1.60. The third kappa shape index (κ3) is 6.66. The molecule has 3 N–H and O–H groups in total. The fraction of sp³-hybridized carbons (Fsp3) is 0.294. The molecule has 0 spiro atoms. The van der Waals surface area contributed by atoms with E-state index in [0.29, 0.717) is 27.7 Å². The highest BCUT2D eigenvalue weighted by Crippen LogP contribution is 2.24. The van der Waals surface area contributed by atoms with Crippen LogP contribution < -0.4 is 16.0 Å². The first-order chi connectivity index (χ1) is 11.6. The second-order valence-corrected chi connectivity index (χ2v) is 6.49. The van der Waals surface area contributed by atoms with E-state index in [1.807, 2.05) is 5.38 Å². The third-order valence-electron chi connectivity index (χ3n) is 3.24. The maximum Gasteiger partial charge on any atom is 0.265 e. The first-order valence-corrected chi connectivity index (χ1v) is 9.01. The van der Waals surface area contributed by atoms with Crippen LogP contribution in [0.2, 0.25) is 5.02 Å². The summed E-state index contributed by atoms with van der Waals surface area (Å²) in [6.07, 6.45) is 1.05. The highest BCUT2D eigenvalue weighted by molar-refractivity contribution is 7.12. The van der Waals surface area contributed by atoms with E-state index in [2.05, 4.69) is 22.9 Å². The molecule has 0 saturated heterocycles. The van der Waals surface area contributed by atoms with Crippen molar-refractivity contribution < 1.29 is 9.59 Å². The van der Waals surface area contributed by atoms with Crippen LogP contribution in [0.5, 0.6) is 0 Å². The van der Waals surface area contributed by atoms with Crippen molar-refractivity contribution in [3.63, 3.8) is 0 Å². The summed E-state index contributed by atoms with van der Waals surface area (Å²) in [5, 5.41) is 11.0. The average Bonchev–Trinajstić information content (AvgIpc) is 3.11. The predicted molar refractivity (Wildman–Crippen MR) is 106 cm³/mol. The van der Waals surface area contributed by atoms with Gasteiger partial charge in [0.25, 0.3) is 11.8 Å². The molecule has 0 bridgehead atoms. The zero-order chi connectivity index (χ0) is 17.4. The second-order valence-electron chi connectivity index (χ2n) is 5.13. The zero-order valence-corrected chi connectivity index (χ0v) is 16.2. The first-order valence-electron chi connectivity index (χ1n) is 7.75. The Labute approximate surface area is 162 Å². The van der Waals surface area contributed by atoms with Gasteiger partial charge < -0.3 is 16.0 Å². The molecular weight excluding hydrogens is 381 g/mol. The summed E-state index contributed by atoms with van der Waals surface area (Å²) in [5.41, 5.74) is 0.878. The summed E-state index contributed by atoms with van der Waals surface area (Å²) in [7, 11) is 0. The molecule has 0 radical (unpaired) electrons. The minimum Gasteiger partial charge on any atom is -0.351 e. The van der Waals surface area contributed by atoms with Gasteiger partial charge in [-0.3, -0.25) is 9.59 Å². The lowest BCUT2D eigenvalue weighted by Crippen LogP contribution is -2.32. The molecule has 1 aromatic heterocycles. The lowest BCUT2D eigenvalue weighted by Gasteiger charge is -2.10. The number of thiophene rings is 1. The number of nitrogens with one attached hydrogen (secondary N) is 3. The van der Waals surface area contributed by atoms with Crippen molar-refractivity contribution in [2.24, 2.45) is 0 Å². The molecule has 0 aliphatic carbocycles. The number of hydrogen-bond acceptors (Lipinski definition) is 4. The Morgan fingerprint density at radius 2 is 1.92 bits per heavy atom. The molecule has 0 saturated carbocycles. The normalized spacial score (nSPS) is 10.0. The molecule has 2 rings (SSSR count). The van der Waals surface area contributed by atoms with Gasteiger partial charge in [-0.2, -0.15) is 0 Å². The topological polar surface area (TPSA) is 70.2 Å². The van der Waals surface area contributed by atoms with Crippen molar-refractivity contribution >= 4 is 52.8 Å². The van der Waals surface area contributed by atoms with E-state index in [9.17, 15) is 9.59 Å². The number of rotatable bonds is 8. The molecule has 1 aromatic carbocycles. The number of carbonyl (C=O) groups is 2. The van der Waals surface area contributed by atoms with Crippen LogP contribution in [0.1, 0.15) is 33.4 Å². The maximum atomic E-state index is 12.2. The van der Waals surface area contributed by atoms with Crippen LogP contribution in [0.3, 0.4) is 0 Å². The quantitative estimate of drug-likeness (QED) is 0.589. The molecule has 0 aliphatic rings. The highest BCUT2D eigenvalue weighted by Gasteiger charge is 2.12. The molecule has 2 aromatic rings. The van der Waals surface area contributed by atoms with Gasteiger partial charge >= 0.3 is 0 Å². The Morgan fingerprint density at radius 3 is 2.60 bits per heavy atom. The van der Waals surface area contributed by atoms with Crippen molar-refractivity contribution in [3.8, 4) is 0 Å². The molecule has 25 heavy (non-hydrogen) atoms. The van der Waals surface area contributed by atoms with E-state index in [1.54, 1.807) is 30.3 Å². The molecule has 1 heterocycles. The van der Waals surface area contributed by atoms with Crippen LogP contribution in [0.25, 0.3) is 0 Å². The van der Waals surface area contributed by atoms with E-state index >= 15 is 0 Å². The fourth-order valence-corrected chi connectivity index (χ4v) is 2.81. The molecular formula is C17H21Cl2N3O2S. The van der Waals surface area contributed by atoms with Crippen molar-refractivity contribution in [2.75, 3.05) is 25.0 Å². The summed E-state index contributed by atoms with van der Waals surface area (Å²) < 4.78 is 0. The molecule has 0 atom stereocenters. The average molecular weight is 402 g/mol. The lowest BCUT2D eigenvalue weighted by atomic mass is 10.2. The predicted octanol–water partition coefficient (Wildman–Crippen LogP) is 3.81. The van der Waals surface area contributed by atoms with Crippen LogP contribution in [-0.4, -0.2) is 31.4 Å². The molecule has 0 fully saturated rings. The van der Waals surface area contributed by atoms with Gasteiger partial charge in [0.05, 0.1) is 15.6 Å². The number of halogens is 2. The first kappa shape index (κ1) is 21.4. The van der Waals surface area contributed by atoms with Crippen LogP contribution >= 0.6 is 35.3 Å². The summed E-state index contributed by atoms with van der Waals surface area (Å²) in [4.78, 5) is 24.9. The van der Waals surface area contributed by atoms with Crippen molar-refractivity contribution in [1.82, 2.24) is 10.6 Å². The second kappa shape index (κ2) is 11.1. The summed E-state index contributed by atoms with van der Waals surface area (Å²) in [6, 6.07) is 8.36. The standard InChI is InChI=1S/C17H20ClN3O2S.ClH/c1-2-7-19-8-9-20-16(22)12-5-6-13(18)14(11-12)21-17(23)15-4-3-10-24-15;/h3-6,10-11,19H,2,7-9H2,1H3,(H,20,22)(H,21,23);1H. The van der Waals surface area contributed by atoms with Gasteiger partial charge in [0, 0.05) is 18.7 Å². The van der Waals surface area contributed by atoms with Crippen LogP contribution in [0.15, 0.2) is 35.7 Å². The van der Waals surface area contributed by atoms with E-state index in [0.717, 1.165) is 19.5 Å². The van der Waals surface area contributed by atoms with Crippen LogP contribution in [0, 0.1) is 0 Å². The summed E-state index contributed by atoms with van der Waals surface area (Å²) in [6.45, 7) is 4.27. The van der Waals surface area contributed by atoms with Crippen molar-refractivity contribution in [1.29, 1.82) is 0 Å². The lowest BCUT2D eigenvalue weighted by molar-refractivity contribution is 0.0952. The number of benzene rings is 1. The maximum absolute atomic E-state index is 12.2. The van der Waals surface area contributed by atoms with Gasteiger partial charge in [-0.25, -0.2) is 0 Å². The minimum atomic E-state index is -0.242. The zero-order valence-electron chi connectivity index (χ0n) is 13.8. The van der Waals surface area contributed by atoms with Gasteiger partial charge in [0.2, 0.25) is 0 Å². The van der Waals surface area contributed by atoms with Gasteiger partial charge in [0.1, 0.15) is 0 Å². The van der Waals surface area contributed by atoms with Crippen molar-refractivity contribution in [3.05, 3.63) is 51.2 Å². The van der Waals surface area contributed by atoms with E-state index < -0.39 is 0 Å². The molecule has 5 nitrogen and oxygen atoms in total. The summed E-state index contributed by atoms with van der Waals surface area (Å²) >= 11 is 7.46. The van der Waals surface area contributed by atoms with E-state index in [1.165, 1.54) is 11.3 Å². The van der Waals surface area contributed by atoms with Gasteiger partial charge in [-0.1, -0.05) is 24.6 Å². The van der Waals surface area contributed by atoms with Gasteiger partial charge in [-0.05, 0) is 42.6 Å². The Morgan fingerprint density at radius 1 is 1.12 bits per heavy atom. The Bertz CT molecular complexity index is 693. The molecule has 8 heteroatoms. The van der Waals surface area contributed by atoms with Crippen molar-refractivity contribution in [2.45, 2.75) is 13.3 Å². The third-order valence-corrected chi connectivity index (χ3v) is 4.43. The monoisotopic (exact) mass is 401 g/mol. The largest absolute Gasteiger partial charge is 0.351 e. The number of anilines is 1. The highest BCUT2D eigenvalue weighted by atomic mass is 35.5. The number of carbonyl (C=O) groups excluding carboxylic acids is 2. The molecule has 2 amide bonds. The molecule has 0 aliphatic heterocycles. The number of amides is 2. The minimum absolute atomic E-state index is 0. The summed E-state index contributed by atoms with van der Waals surface area (Å²) in [5.74, 6) is -0.440. The molecule has 0 unspecified atom stereocenters. The van der Waals surface area contributed by atoms with Gasteiger partial charge in [0.15, 0.2) is 0 Å². The van der Waals surface area contributed by atoms with Gasteiger partial charge in [-0.15, -0.1) is 23.7 Å². The van der Waals surface area contributed by atoms with E-state index in [4.69, 9.17) is 11.6 Å². The molecule has 136 valence electrons. The van der Waals surface area contributed by atoms with Crippen LogP contribution in [-0.2, 0) is 0 Å². The fourth-order valence-electron chi connectivity index (χ4n) is 2.02. The van der Waals surface area contributed by atoms with E-state index in [-0.39, 0.29) is 24.2 Å².